The van der Waals surface area contributed by atoms with Crippen LogP contribution in [0.3, 0.4) is 0 Å². The fourth-order valence-electron chi connectivity index (χ4n) is 6.14. The van der Waals surface area contributed by atoms with Crippen molar-refractivity contribution in [1.29, 1.82) is 0 Å². The number of carbonyl (C=O) groups excluding carboxylic acids is 2. The highest BCUT2D eigenvalue weighted by molar-refractivity contribution is 9.10. The Kier molecular flexibility index (Phi) is 8.21. The van der Waals surface area contributed by atoms with Gasteiger partial charge >= 0.3 is 6.09 Å². The van der Waals surface area contributed by atoms with Crippen LogP contribution in [0.4, 0.5) is 9.18 Å². The van der Waals surface area contributed by atoms with E-state index in [1.165, 1.54) is 12.1 Å². The van der Waals surface area contributed by atoms with Gasteiger partial charge < -0.3 is 19.7 Å². The summed E-state index contributed by atoms with van der Waals surface area (Å²) in [4.78, 5) is 37.5. The summed E-state index contributed by atoms with van der Waals surface area (Å²) in [5, 5.41) is 3.92. The standard InChI is InChI=1S/C36H32BrFN4O4S/c1-20-39-32-28(37)13-23(14-30(32)47-20)34(43)42-17-26-27(18-42)33(26)46-31-16-24(15-29(40-31)22-9-11-25(38)12-10-22)36(2,3)41-35(44)45-19-21-7-5-4-6-8-21/h4-16,26-27,33H,17-19H2,1-3H3,(H,41,44)/t26-,27+,33?. The van der Waals surface area contributed by atoms with Gasteiger partial charge in [-0.15, -0.1) is 11.3 Å². The molecular formula is C36H32BrFN4O4S. The van der Waals surface area contributed by atoms with E-state index in [0.717, 1.165) is 30.8 Å². The third kappa shape index (κ3) is 6.59. The normalized spacial score (nSPS) is 18.6. The molecule has 1 unspecified atom stereocenters. The van der Waals surface area contributed by atoms with Gasteiger partial charge in [-0.1, -0.05) is 30.3 Å². The maximum atomic E-state index is 13.7. The summed E-state index contributed by atoms with van der Waals surface area (Å²) >= 11 is 5.15. The third-order valence-corrected chi connectivity index (χ3v) is 10.3. The van der Waals surface area contributed by atoms with Crippen LogP contribution in [0.1, 0.15) is 40.3 Å². The van der Waals surface area contributed by atoms with Crippen LogP contribution in [-0.4, -0.2) is 46.1 Å². The molecule has 2 aliphatic rings. The molecule has 11 heteroatoms. The molecule has 3 aromatic carbocycles. The Bertz CT molecular complexity index is 1970. The second-order valence-electron chi connectivity index (χ2n) is 12.6. The Morgan fingerprint density at radius 3 is 2.47 bits per heavy atom. The van der Waals surface area contributed by atoms with Gasteiger partial charge in [0.15, 0.2) is 0 Å². The molecule has 3 heterocycles. The summed E-state index contributed by atoms with van der Waals surface area (Å²) in [7, 11) is 0. The number of thiazole rings is 1. The number of aromatic nitrogens is 2. The third-order valence-electron chi connectivity index (χ3n) is 8.75. The SMILES string of the molecule is Cc1nc2c(Br)cc(C(=O)N3C[C@@H]4C(Oc5cc(C(C)(C)NC(=O)OCc6ccccc6)cc(-c6ccc(F)cc6)n5)[C@@H]4C3)cc2s1. The fourth-order valence-corrected chi connectivity index (χ4v) is 7.71. The average Bonchev–Trinajstić information content (AvgIpc) is 3.34. The molecule has 1 saturated carbocycles. The molecule has 1 saturated heterocycles. The van der Waals surface area contributed by atoms with Crippen molar-refractivity contribution in [2.45, 2.75) is 39.0 Å². The van der Waals surface area contributed by atoms with E-state index in [-0.39, 0.29) is 36.3 Å². The minimum Gasteiger partial charge on any atom is -0.474 e. The Labute approximate surface area is 284 Å². The number of alkyl carbamates (subject to hydrolysis) is 1. The van der Waals surface area contributed by atoms with Gasteiger partial charge in [0.2, 0.25) is 5.88 Å². The van der Waals surface area contributed by atoms with Crippen LogP contribution in [0.15, 0.2) is 83.3 Å². The van der Waals surface area contributed by atoms with Crippen LogP contribution in [0, 0.1) is 24.6 Å². The van der Waals surface area contributed by atoms with E-state index < -0.39 is 11.6 Å². The van der Waals surface area contributed by atoms with Gasteiger partial charge in [-0.3, -0.25) is 4.79 Å². The van der Waals surface area contributed by atoms with Crippen molar-refractivity contribution in [2.24, 2.45) is 11.8 Å². The van der Waals surface area contributed by atoms with Gasteiger partial charge in [-0.05, 0) is 90.3 Å². The average molecular weight is 716 g/mol. The maximum Gasteiger partial charge on any atom is 0.408 e. The van der Waals surface area contributed by atoms with E-state index in [0.29, 0.717) is 35.8 Å². The quantitative estimate of drug-likeness (QED) is 0.176. The first kappa shape index (κ1) is 31.3. The van der Waals surface area contributed by atoms with Crippen LogP contribution in [-0.2, 0) is 16.9 Å². The highest BCUT2D eigenvalue weighted by Crippen LogP contribution is 2.48. The molecule has 7 rings (SSSR count). The molecule has 3 atom stereocenters. The molecule has 0 bridgehead atoms. The first-order valence-corrected chi connectivity index (χ1v) is 16.9. The van der Waals surface area contributed by atoms with E-state index in [9.17, 15) is 14.0 Å². The largest absolute Gasteiger partial charge is 0.474 e. The van der Waals surface area contributed by atoms with Crippen molar-refractivity contribution in [3.05, 3.63) is 111 Å². The summed E-state index contributed by atoms with van der Waals surface area (Å²) < 4.78 is 27.5. The van der Waals surface area contributed by atoms with Gasteiger partial charge in [0.1, 0.15) is 18.5 Å². The van der Waals surface area contributed by atoms with Crippen LogP contribution in [0.25, 0.3) is 21.5 Å². The Morgan fingerprint density at radius 1 is 1.02 bits per heavy atom. The summed E-state index contributed by atoms with van der Waals surface area (Å²) in [5.74, 6) is 0.437. The van der Waals surface area contributed by atoms with Crippen LogP contribution in [0.5, 0.6) is 5.88 Å². The predicted octanol–water partition coefficient (Wildman–Crippen LogP) is 7.88. The monoisotopic (exact) mass is 714 g/mol. The molecule has 5 aromatic rings. The highest BCUT2D eigenvalue weighted by atomic mass is 79.9. The molecule has 2 fully saturated rings. The topological polar surface area (TPSA) is 93.7 Å². The first-order valence-electron chi connectivity index (χ1n) is 15.3. The van der Waals surface area contributed by atoms with Crippen molar-refractivity contribution in [1.82, 2.24) is 20.2 Å². The summed E-state index contributed by atoms with van der Waals surface area (Å²) in [6.07, 6.45) is -0.646. The van der Waals surface area contributed by atoms with Crippen molar-refractivity contribution in [3.8, 4) is 17.1 Å². The number of likely N-dealkylation sites (tertiary alicyclic amines) is 1. The van der Waals surface area contributed by atoms with E-state index in [2.05, 4.69) is 26.2 Å². The molecule has 240 valence electrons. The Balaban J connectivity index is 1.06. The molecular weight excluding hydrogens is 683 g/mol. The minimum absolute atomic E-state index is 0.00436. The lowest BCUT2D eigenvalue weighted by Gasteiger charge is -2.27. The number of piperidine rings is 1. The lowest BCUT2D eigenvalue weighted by atomic mass is 9.93. The predicted molar refractivity (Wildman–Crippen MR) is 182 cm³/mol. The first-order chi connectivity index (χ1) is 22.5. The number of hydrogen-bond acceptors (Lipinski definition) is 7. The van der Waals surface area contributed by atoms with Crippen LogP contribution in [0.2, 0.25) is 0 Å². The lowest BCUT2D eigenvalue weighted by molar-refractivity contribution is 0.0751. The number of halogens is 2. The molecule has 2 aromatic heterocycles. The second-order valence-corrected chi connectivity index (χ2v) is 14.6. The molecule has 1 aliphatic carbocycles. The van der Waals surface area contributed by atoms with Gasteiger partial charge in [-0.2, -0.15) is 0 Å². The van der Waals surface area contributed by atoms with Crippen molar-refractivity contribution in [3.63, 3.8) is 0 Å². The van der Waals surface area contributed by atoms with E-state index in [1.807, 2.05) is 80.3 Å². The number of ether oxygens (including phenoxy) is 2. The molecule has 1 N–H and O–H groups in total. The molecule has 1 aliphatic heterocycles. The van der Waals surface area contributed by atoms with E-state index in [4.69, 9.17) is 14.5 Å². The van der Waals surface area contributed by atoms with Crippen LogP contribution < -0.4 is 10.1 Å². The zero-order valence-electron chi connectivity index (χ0n) is 26.0. The molecule has 0 spiro atoms. The van der Waals surface area contributed by atoms with Crippen molar-refractivity contribution >= 4 is 49.5 Å². The van der Waals surface area contributed by atoms with Gasteiger partial charge in [-0.25, -0.2) is 19.2 Å². The van der Waals surface area contributed by atoms with Gasteiger partial charge in [0.05, 0.1) is 26.5 Å². The fraction of sp³-hybridized carbons (Fsp3) is 0.278. The maximum absolute atomic E-state index is 13.7. The zero-order chi connectivity index (χ0) is 32.9. The van der Waals surface area contributed by atoms with Gasteiger partial charge in [0, 0.05) is 46.6 Å². The molecule has 8 nitrogen and oxygen atoms in total. The van der Waals surface area contributed by atoms with Crippen molar-refractivity contribution in [2.75, 3.05) is 13.1 Å². The number of nitrogens with one attached hydrogen (secondary N) is 1. The molecule has 2 amide bonds. The highest BCUT2D eigenvalue weighted by Gasteiger charge is 2.59. The number of pyridine rings is 1. The lowest BCUT2D eigenvalue weighted by Crippen LogP contribution is -2.41. The summed E-state index contributed by atoms with van der Waals surface area (Å²) in [6, 6.07) is 23.0. The Hall–Kier alpha value is -4.35. The smallest absolute Gasteiger partial charge is 0.408 e. The number of carbonyl (C=O) groups is 2. The summed E-state index contributed by atoms with van der Waals surface area (Å²) in [6.45, 7) is 7.05. The van der Waals surface area contributed by atoms with Gasteiger partial charge in [0.25, 0.3) is 5.91 Å². The number of nitrogens with zero attached hydrogens (tertiary/aromatic N) is 3. The minimum atomic E-state index is -0.849. The number of benzene rings is 3. The molecule has 47 heavy (non-hydrogen) atoms. The van der Waals surface area contributed by atoms with Crippen LogP contribution >= 0.6 is 27.3 Å². The zero-order valence-corrected chi connectivity index (χ0v) is 28.4. The van der Waals surface area contributed by atoms with E-state index >= 15 is 0 Å². The number of amides is 2. The number of aryl methyl sites for hydroxylation is 1. The molecule has 0 radical (unpaired) electrons. The second kappa shape index (κ2) is 12.4. The van der Waals surface area contributed by atoms with E-state index in [1.54, 1.807) is 23.5 Å². The number of hydrogen-bond donors (Lipinski definition) is 1. The summed E-state index contributed by atoms with van der Waals surface area (Å²) in [5.41, 5.74) is 3.61. The Morgan fingerprint density at radius 2 is 1.74 bits per heavy atom. The number of fused-ring (bicyclic) bond motifs is 2. The van der Waals surface area contributed by atoms with Crippen molar-refractivity contribution < 1.29 is 23.5 Å². The number of rotatable bonds is 8.